The van der Waals surface area contributed by atoms with Gasteiger partial charge in [-0.2, -0.15) is 0 Å². The molecule has 15 heavy (non-hydrogen) atoms. The normalized spacial score (nSPS) is 20.3. The number of allylic oxidation sites excluding steroid dienone is 3. The minimum Gasteiger partial charge on any atom is -0.384 e. The monoisotopic (exact) mass is 207 g/mol. The summed E-state index contributed by atoms with van der Waals surface area (Å²) >= 11 is 0. The first-order valence-corrected chi connectivity index (χ1v) is 5.93. The first kappa shape index (κ1) is 14.0. The maximum Gasteiger partial charge on any atom is 0.0373 e. The van der Waals surface area contributed by atoms with Gasteiger partial charge in [0.15, 0.2) is 0 Å². The maximum atomic E-state index is 3.88. The van der Waals surface area contributed by atoms with E-state index in [0.29, 0.717) is 11.8 Å². The Kier molecular flexibility index (Phi) is 6.85. The van der Waals surface area contributed by atoms with Crippen LogP contribution in [0.4, 0.5) is 0 Å². The summed E-state index contributed by atoms with van der Waals surface area (Å²) in [5.74, 6) is 1.31. The third-order valence-corrected chi connectivity index (χ3v) is 2.58. The molecule has 0 saturated heterocycles. The molecule has 0 radical (unpaired) electrons. The Balaban J connectivity index is 0.000000921. The zero-order chi connectivity index (χ0) is 11.8. The Morgan fingerprint density at radius 3 is 2.40 bits per heavy atom. The molecule has 1 aliphatic rings. The van der Waals surface area contributed by atoms with E-state index in [1.54, 1.807) is 0 Å². The largest absolute Gasteiger partial charge is 0.384 e. The summed E-state index contributed by atoms with van der Waals surface area (Å²) in [5, 5.41) is 3.41. The zero-order valence-corrected chi connectivity index (χ0v) is 10.8. The summed E-state index contributed by atoms with van der Waals surface area (Å²) in [6, 6.07) is 0. The quantitative estimate of drug-likeness (QED) is 0.740. The van der Waals surface area contributed by atoms with Gasteiger partial charge in [0.2, 0.25) is 0 Å². The van der Waals surface area contributed by atoms with E-state index in [1.165, 1.54) is 11.3 Å². The van der Waals surface area contributed by atoms with Crippen LogP contribution >= 0.6 is 0 Å². The van der Waals surface area contributed by atoms with Gasteiger partial charge < -0.3 is 5.32 Å². The third-order valence-electron chi connectivity index (χ3n) is 2.58. The van der Waals surface area contributed by atoms with Gasteiger partial charge in [-0.05, 0) is 24.5 Å². The fourth-order valence-electron chi connectivity index (χ4n) is 1.81. The van der Waals surface area contributed by atoms with Crippen LogP contribution in [0.25, 0.3) is 0 Å². The second-order valence-electron chi connectivity index (χ2n) is 3.80. The Hall–Kier alpha value is -0.980. The van der Waals surface area contributed by atoms with Crippen molar-refractivity contribution >= 4 is 0 Å². The Bertz CT molecular complexity index is 246. The Labute approximate surface area is 95.0 Å². The van der Waals surface area contributed by atoms with Gasteiger partial charge in [-0.3, -0.25) is 0 Å². The first-order chi connectivity index (χ1) is 7.20. The van der Waals surface area contributed by atoms with Gasteiger partial charge in [-0.1, -0.05) is 46.4 Å². The van der Waals surface area contributed by atoms with Crippen LogP contribution in [-0.2, 0) is 0 Å². The van der Waals surface area contributed by atoms with Crippen LogP contribution in [0.1, 0.15) is 34.6 Å². The molecule has 1 N–H and O–H groups in total. The van der Waals surface area contributed by atoms with Gasteiger partial charge in [0.25, 0.3) is 0 Å². The molecule has 0 aliphatic carbocycles. The van der Waals surface area contributed by atoms with Crippen LogP contribution in [0.3, 0.4) is 0 Å². The van der Waals surface area contributed by atoms with Crippen molar-refractivity contribution in [3.8, 4) is 0 Å². The van der Waals surface area contributed by atoms with Crippen molar-refractivity contribution in [2.75, 3.05) is 6.54 Å². The molecule has 1 atom stereocenters. The minimum atomic E-state index is 0.628. The molecule has 0 fully saturated rings. The second kappa shape index (κ2) is 7.33. The molecule has 0 aromatic carbocycles. The van der Waals surface area contributed by atoms with Crippen molar-refractivity contribution in [3.05, 3.63) is 36.1 Å². The van der Waals surface area contributed by atoms with Crippen LogP contribution in [0.5, 0.6) is 0 Å². The smallest absolute Gasteiger partial charge is 0.0373 e. The Morgan fingerprint density at radius 2 is 2.00 bits per heavy atom. The van der Waals surface area contributed by atoms with E-state index in [-0.39, 0.29) is 0 Å². The van der Waals surface area contributed by atoms with Crippen molar-refractivity contribution in [3.63, 3.8) is 0 Å². The number of nitrogens with one attached hydrogen (secondary N) is 1. The van der Waals surface area contributed by atoms with E-state index in [2.05, 4.69) is 37.9 Å². The van der Waals surface area contributed by atoms with E-state index >= 15 is 0 Å². The number of hydrogen-bond donors (Lipinski definition) is 1. The highest BCUT2D eigenvalue weighted by molar-refractivity contribution is 5.37. The van der Waals surface area contributed by atoms with Crippen molar-refractivity contribution < 1.29 is 0 Å². The summed E-state index contributed by atoms with van der Waals surface area (Å²) in [4.78, 5) is 0. The minimum absolute atomic E-state index is 0.628. The lowest BCUT2D eigenvalue weighted by atomic mass is 9.89. The van der Waals surface area contributed by atoms with Crippen molar-refractivity contribution in [1.29, 1.82) is 0 Å². The summed E-state index contributed by atoms with van der Waals surface area (Å²) in [6.07, 6.45) is 6.17. The SMILES string of the molecule is C=CC1=C(/C=C\C)NCC1C(C)C.CC. The highest BCUT2D eigenvalue weighted by atomic mass is 14.9. The summed E-state index contributed by atoms with van der Waals surface area (Å²) in [6.45, 7) is 15.5. The lowest BCUT2D eigenvalue weighted by molar-refractivity contribution is 0.464. The topological polar surface area (TPSA) is 12.0 Å². The fraction of sp³-hybridized carbons (Fsp3) is 0.571. The predicted molar refractivity (Wildman–Crippen MR) is 69.7 cm³/mol. The predicted octanol–water partition coefficient (Wildman–Crippen LogP) is 3.90. The molecular formula is C14H25N. The highest BCUT2D eigenvalue weighted by Gasteiger charge is 2.24. The lowest BCUT2D eigenvalue weighted by Gasteiger charge is -2.14. The van der Waals surface area contributed by atoms with Crippen molar-refractivity contribution in [2.45, 2.75) is 34.6 Å². The first-order valence-electron chi connectivity index (χ1n) is 5.93. The molecule has 86 valence electrons. The van der Waals surface area contributed by atoms with Gasteiger partial charge in [0.05, 0.1) is 0 Å². The molecule has 1 rings (SSSR count). The molecule has 0 amide bonds. The molecule has 0 spiro atoms. The molecule has 0 bridgehead atoms. The molecule has 0 saturated carbocycles. The van der Waals surface area contributed by atoms with Gasteiger partial charge >= 0.3 is 0 Å². The van der Waals surface area contributed by atoms with Crippen LogP contribution in [-0.4, -0.2) is 6.54 Å². The van der Waals surface area contributed by atoms with E-state index in [0.717, 1.165) is 6.54 Å². The molecule has 0 aromatic rings. The molecule has 1 heterocycles. The Morgan fingerprint density at radius 1 is 1.40 bits per heavy atom. The number of hydrogen-bond acceptors (Lipinski definition) is 1. The average Bonchev–Trinajstić information content (AvgIpc) is 2.64. The third kappa shape index (κ3) is 3.58. The fourth-order valence-corrected chi connectivity index (χ4v) is 1.81. The van der Waals surface area contributed by atoms with E-state index < -0.39 is 0 Å². The molecule has 1 unspecified atom stereocenters. The number of rotatable bonds is 3. The molecule has 1 aliphatic heterocycles. The lowest BCUT2D eigenvalue weighted by Crippen LogP contribution is -2.16. The molecule has 1 heteroatoms. The average molecular weight is 207 g/mol. The van der Waals surface area contributed by atoms with Gasteiger partial charge in [0, 0.05) is 18.2 Å². The molecule has 0 aromatic heterocycles. The van der Waals surface area contributed by atoms with Gasteiger partial charge in [-0.15, -0.1) is 0 Å². The van der Waals surface area contributed by atoms with E-state index in [1.807, 2.05) is 26.8 Å². The van der Waals surface area contributed by atoms with Crippen molar-refractivity contribution in [1.82, 2.24) is 5.32 Å². The van der Waals surface area contributed by atoms with Crippen LogP contribution in [0.2, 0.25) is 0 Å². The van der Waals surface area contributed by atoms with Crippen LogP contribution in [0.15, 0.2) is 36.1 Å². The van der Waals surface area contributed by atoms with Crippen LogP contribution in [0, 0.1) is 11.8 Å². The summed E-state index contributed by atoms with van der Waals surface area (Å²) in [7, 11) is 0. The van der Waals surface area contributed by atoms with Crippen molar-refractivity contribution in [2.24, 2.45) is 11.8 Å². The second-order valence-corrected chi connectivity index (χ2v) is 3.80. The molecular weight excluding hydrogens is 182 g/mol. The van der Waals surface area contributed by atoms with E-state index in [9.17, 15) is 0 Å². The summed E-state index contributed by atoms with van der Waals surface area (Å²) < 4.78 is 0. The van der Waals surface area contributed by atoms with Crippen LogP contribution < -0.4 is 5.32 Å². The highest BCUT2D eigenvalue weighted by Crippen LogP contribution is 2.28. The zero-order valence-electron chi connectivity index (χ0n) is 10.8. The van der Waals surface area contributed by atoms with Gasteiger partial charge in [-0.25, -0.2) is 0 Å². The molecule has 1 nitrogen and oxygen atoms in total. The standard InChI is InChI=1S/C12H19N.C2H6/c1-5-7-12-10(6-2)11(8-13-12)9(3)4;1-2/h5-7,9,11,13H,2,8H2,1,3-4H3;1-2H3/b7-5-;. The van der Waals surface area contributed by atoms with E-state index in [4.69, 9.17) is 0 Å². The maximum absolute atomic E-state index is 3.88. The summed E-state index contributed by atoms with van der Waals surface area (Å²) in [5.41, 5.74) is 2.62. The van der Waals surface area contributed by atoms with Gasteiger partial charge in [0.1, 0.15) is 0 Å².